The van der Waals surface area contributed by atoms with Crippen molar-refractivity contribution in [1.82, 2.24) is 20.1 Å². The fraction of sp³-hybridized carbons (Fsp3) is 0.0870. The second-order valence-corrected chi connectivity index (χ2v) is 6.61. The van der Waals surface area contributed by atoms with E-state index in [4.69, 9.17) is 0 Å². The number of benzene rings is 2. The van der Waals surface area contributed by atoms with Gasteiger partial charge in [0.1, 0.15) is 17.3 Å². The Morgan fingerprint density at radius 2 is 1.73 bits per heavy atom. The number of aromatic nitrogens is 3. The predicted octanol–water partition coefficient (Wildman–Crippen LogP) is 4.19. The molecule has 0 saturated heterocycles. The first-order valence-corrected chi connectivity index (χ1v) is 9.41. The van der Waals surface area contributed by atoms with E-state index in [2.05, 4.69) is 15.4 Å². The van der Waals surface area contributed by atoms with Crippen molar-refractivity contribution in [2.24, 2.45) is 0 Å². The van der Waals surface area contributed by atoms with Crippen molar-refractivity contribution < 1.29 is 13.6 Å². The molecule has 0 bridgehead atoms. The van der Waals surface area contributed by atoms with Crippen molar-refractivity contribution in [3.05, 3.63) is 102 Å². The summed E-state index contributed by atoms with van der Waals surface area (Å²) < 4.78 is 29.0. The van der Waals surface area contributed by atoms with Gasteiger partial charge in [-0.05, 0) is 54.6 Å². The van der Waals surface area contributed by atoms with Gasteiger partial charge in [0.05, 0.1) is 11.4 Å². The van der Waals surface area contributed by atoms with E-state index >= 15 is 0 Å². The summed E-state index contributed by atoms with van der Waals surface area (Å²) in [5.41, 5.74) is 2.17. The third-order valence-electron chi connectivity index (χ3n) is 4.56. The zero-order valence-electron chi connectivity index (χ0n) is 15.9. The number of hydrogen-bond donors (Lipinski definition) is 1. The van der Waals surface area contributed by atoms with Crippen molar-refractivity contribution in [3.8, 4) is 16.9 Å². The molecular formula is C23H18F2N4O. The fourth-order valence-electron chi connectivity index (χ4n) is 3.06. The number of nitrogens with one attached hydrogen (secondary N) is 1. The first-order valence-electron chi connectivity index (χ1n) is 9.41. The molecule has 5 nitrogen and oxygen atoms in total. The van der Waals surface area contributed by atoms with Crippen LogP contribution >= 0.6 is 0 Å². The number of carbonyl (C=O) groups is 1. The van der Waals surface area contributed by atoms with Crippen LogP contribution < -0.4 is 5.32 Å². The van der Waals surface area contributed by atoms with E-state index in [0.29, 0.717) is 24.3 Å². The molecule has 30 heavy (non-hydrogen) atoms. The van der Waals surface area contributed by atoms with Gasteiger partial charge in [0.25, 0.3) is 5.91 Å². The lowest BCUT2D eigenvalue weighted by Crippen LogP contribution is -2.28. The summed E-state index contributed by atoms with van der Waals surface area (Å²) in [6, 6.07) is 18.9. The van der Waals surface area contributed by atoms with Crippen LogP contribution in [0.15, 0.2) is 79.0 Å². The lowest BCUT2D eigenvalue weighted by atomic mass is 10.1. The lowest BCUT2D eigenvalue weighted by Gasteiger charge is -2.08. The van der Waals surface area contributed by atoms with Crippen molar-refractivity contribution in [2.75, 3.05) is 6.54 Å². The molecule has 0 unspecified atom stereocenters. The standard InChI is InChI=1S/C23H18F2N4O/c24-16-8-10-18(11-9-16)29-22(15-21(28-29)19-6-1-2-7-20(19)25)23(30)27-14-12-17-5-3-4-13-26-17/h1-11,13,15H,12,14H2,(H,27,30). The topological polar surface area (TPSA) is 59.8 Å². The largest absolute Gasteiger partial charge is 0.350 e. The number of halogens is 2. The molecule has 0 aliphatic heterocycles. The maximum Gasteiger partial charge on any atom is 0.270 e. The third kappa shape index (κ3) is 4.25. The zero-order valence-corrected chi connectivity index (χ0v) is 15.9. The second-order valence-electron chi connectivity index (χ2n) is 6.61. The SMILES string of the molecule is O=C(NCCc1ccccn1)c1cc(-c2ccccc2F)nn1-c1ccc(F)cc1. The Morgan fingerprint density at radius 3 is 2.47 bits per heavy atom. The van der Waals surface area contributed by atoms with E-state index in [1.54, 1.807) is 24.4 Å². The Morgan fingerprint density at radius 1 is 0.967 bits per heavy atom. The highest BCUT2D eigenvalue weighted by molar-refractivity contribution is 5.94. The second kappa shape index (κ2) is 8.65. The van der Waals surface area contributed by atoms with Crippen LogP contribution in [0.5, 0.6) is 0 Å². The van der Waals surface area contributed by atoms with Gasteiger partial charge in [0.15, 0.2) is 0 Å². The summed E-state index contributed by atoms with van der Waals surface area (Å²) in [7, 11) is 0. The number of rotatable bonds is 6. The predicted molar refractivity (Wildman–Crippen MR) is 109 cm³/mol. The molecule has 0 saturated carbocycles. The molecule has 2 aromatic carbocycles. The van der Waals surface area contributed by atoms with Crippen molar-refractivity contribution in [2.45, 2.75) is 6.42 Å². The summed E-state index contributed by atoms with van der Waals surface area (Å²) in [4.78, 5) is 17.1. The molecule has 1 N–H and O–H groups in total. The molecule has 4 rings (SSSR count). The number of carbonyl (C=O) groups excluding carboxylic acids is 1. The third-order valence-corrected chi connectivity index (χ3v) is 4.56. The first-order chi connectivity index (χ1) is 14.6. The molecule has 150 valence electrons. The number of nitrogens with zero attached hydrogens (tertiary/aromatic N) is 3. The highest BCUT2D eigenvalue weighted by atomic mass is 19.1. The Balaban J connectivity index is 1.63. The molecule has 0 fully saturated rings. The molecule has 0 aliphatic rings. The van der Waals surface area contributed by atoms with Crippen LogP contribution in [-0.2, 0) is 6.42 Å². The van der Waals surface area contributed by atoms with Crippen LogP contribution in [0.1, 0.15) is 16.2 Å². The average molecular weight is 404 g/mol. The van der Waals surface area contributed by atoms with Crippen LogP contribution in [-0.4, -0.2) is 27.2 Å². The van der Waals surface area contributed by atoms with Gasteiger partial charge in [0.2, 0.25) is 0 Å². The van der Waals surface area contributed by atoms with Gasteiger partial charge < -0.3 is 5.32 Å². The maximum atomic E-state index is 14.3. The van der Waals surface area contributed by atoms with Crippen LogP contribution in [0.3, 0.4) is 0 Å². The van der Waals surface area contributed by atoms with Crippen LogP contribution in [0.2, 0.25) is 0 Å². The first kappa shape index (κ1) is 19.4. The van der Waals surface area contributed by atoms with Crippen molar-refractivity contribution in [1.29, 1.82) is 0 Å². The molecule has 0 atom stereocenters. The normalized spacial score (nSPS) is 10.7. The van der Waals surface area contributed by atoms with E-state index < -0.39 is 11.6 Å². The van der Waals surface area contributed by atoms with Gasteiger partial charge in [-0.15, -0.1) is 0 Å². The van der Waals surface area contributed by atoms with Crippen molar-refractivity contribution >= 4 is 5.91 Å². The van der Waals surface area contributed by atoms with Crippen molar-refractivity contribution in [3.63, 3.8) is 0 Å². The van der Waals surface area contributed by atoms with E-state index in [1.807, 2.05) is 18.2 Å². The van der Waals surface area contributed by atoms with E-state index in [0.717, 1.165) is 5.69 Å². The lowest BCUT2D eigenvalue weighted by molar-refractivity contribution is 0.0946. The number of amides is 1. The van der Waals surface area contributed by atoms with Gasteiger partial charge in [-0.2, -0.15) is 5.10 Å². The van der Waals surface area contributed by atoms with Gasteiger partial charge >= 0.3 is 0 Å². The molecule has 7 heteroatoms. The number of pyridine rings is 1. The highest BCUT2D eigenvalue weighted by Crippen LogP contribution is 2.24. The summed E-state index contributed by atoms with van der Waals surface area (Å²) in [6.07, 6.45) is 2.26. The minimum atomic E-state index is -0.441. The molecule has 2 heterocycles. The van der Waals surface area contributed by atoms with Crippen LogP contribution in [0, 0.1) is 11.6 Å². The molecular weight excluding hydrogens is 386 g/mol. The minimum Gasteiger partial charge on any atom is -0.350 e. The zero-order chi connectivity index (χ0) is 20.9. The molecule has 4 aromatic rings. The monoisotopic (exact) mass is 404 g/mol. The van der Waals surface area contributed by atoms with Crippen LogP contribution in [0.25, 0.3) is 16.9 Å². The highest BCUT2D eigenvalue weighted by Gasteiger charge is 2.19. The van der Waals surface area contributed by atoms with Gasteiger partial charge in [-0.3, -0.25) is 9.78 Å². The Kier molecular flexibility index (Phi) is 5.61. The van der Waals surface area contributed by atoms with E-state index in [1.165, 1.54) is 41.1 Å². The Labute approximate surface area is 172 Å². The molecule has 0 aliphatic carbocycles. The van der Waals surface area contributed by atoms with Gasteiger partial charge in [-0.25, -0.2) is 13.5 Å². The Bertz CT molecular complexity index is 1160. The summed E-state index contributed by atoms with van der Waals surface area (Å²) >= 11 is 0. The fourth-order valence-corrected chi connectivity index (χ4v) is 3.06. The van der Waals surface area contributed by atoms with E-state index in [-0.39, 0.29) is 17.2 Å². The smallest absolute Gasteiger partial charge is 0.270 e. The quantitative estimate of drug-likeness (QED) is 0.524. The molecule has 2 aromatic heterocycles. The minimum absolute atomic E-state index is 0.223. The molecule has 0 radical (unpaired) electrons. The molecule has 1 amide bonds. The van der Waals surface area contributed by atoms with E-state index in [9.17, 15) is 13.6 Å². The van der Waals surface area contributed by atoms with Gasteiger partial charge in [0, 0.05) is 30.4 Å². The Hall–Kier alpha value is -3.87. The van der Waals surface area contributed by atoms with Crippen LogP contribution in [0.4, 0.5) is 8.78 Å². The van der Waals surface area contributed by atoms with Gasteiger partial charge in [-0.1, -0.05) is 18.2 Å². The average Bonchev–Trinajstić information content (AvgIpc) is 3.20. The molecule has 0 spiro atoms. The summed E-state index contributed by atoms with van der Waals surface area (Å²) in [6.45, 7) is 0.374. The maximum absolute atomic E-state index is 14.3. The summed E-state index contributed by atoms with van der Waals surface area (Å²) in [5, 5.41) is 7.25. The number of hydrogen-bond acceptors (Lipinski definition) is 3. The summed E-state index contributed by atoms with van der Waals surface area (Å²) in [5.74, 6) is -1.21.